The molecular formula is C12H21N5O7. The molecular weight excluding hydrogens is 326 g/mol. The van der Waals surface area contributed by atoms with E-state index in [2.05, 4.69) is 21.3 Å². The molecule has 12 nitrogen and oxygen atoms in total. The van der Waals surface area contributed by atoms with Gasteiger partial charge in [0.05, 0.1) is 26.2 Å². The number of carboxylic acids is 1. The van der Waals surface area contributed by atoms with Crippen molar-refractivity contribution in [2.45, 2.75) is 19.0 Å². The maximum atomic E-state index is 11.7. The van der Waals surface area contributed by atoms with Crippen LogP contribution in [0.4, 0.5) is 0 Å². The molecule has 0 aromatic rings. The molecule has 0 spiro atoms. The number of rotatable bonds is 10. The van der Waals surface area contributed by atoms with Crippen molar-refractivity contribution in [2.75, 3.05) is 26.2 Å². The van der Waals surface area contributed by atoms with E-state index in [9.17, 15) is 24.0 Å². The Hall–Kier alpha value is -2.73. The number of carbonyl (C=O) groups is 5. The zero-order valence-electron chi connectivity index (χ0n) is 13.0. The van der Waals surface area contributed by atoms with Crippen molar-refractivity contribution in [3.63, 3.8) is 0 Å². The van der Waals surface area contributed by atoms with Crippen molar-refractivity contribution in [1.29, 1.82) is 0 Å². The van der Waals surface area contributed by atoms with Crippen molar-refractivity contribution in [1.82, 2.24) is 21.3 Å². The average Bonchev–Trinajstić information content (AvgIpc) is 2.54. The fraction of sp³-hybridized carbons (Fsp3) is 0.583. The van der Waals surface area contributed by atoms with Gasteiger partial charge in [0.1, 0.15) is 12.1 Å². The van der Waals surface area contributed by atoms with E-state index in [1.807, 2.05) is 0 Å². The Kier molecular flexibility index (Phi) is 9.67. The van der Waals surface area contributed by atoms with Crippen LogP contribution < -0.4 is 27.0 Å². The Balaban J connectivity index is 4.27. The first-order valence-corrected chi connectivity index (χ1v) is 6.88. The monoisotopic (exact) mass is 347 g/mol. The molecule has 0 aromatic heterocycles. The van der Waals surface area contributed by atoms with E-state index in [1.165, 1.54) is 6.92 Å². The number of hydrogen-bond donors (Lipinski definition) is 7. The third kappa shape index (κ3) is 8.65. The topological polar surface area (TPSA) is 200 Å². The summed E-state index contributed by atoms with van der Waals surface area (Å²) in [6.45, 7) is -0.703. The van der Waals surface area contributed by atoms with Crippen LogP contribution in [0.25, 0.3) is 0 Å². The first kappa shape index (κ1) is 21.3. The zero-order chi connectivity index (χ0) is 18.7. The van der Waals surface area contributed by atoms with Gasteiger partial charge in [-0.2, -0.15) is 0 Å². The Labute approximate surface area is 137 Å². The zero-order valence-corrected chi connectivity index (χ0v) is 13.0. The summed E-state index contributed by atoms with van der Waals surface area (Å²) < 4.78 is 0. The molecule has 12 heteroatoms. The number of hydrogen-bond acceptors (Lipinski definition) is 7. The molecule has 0 aliphatic heterocycles. The number of aliphatic hydroxyl groups excluding tert-OH is 1. The summed E-state index contributed by atoms with van der Waals surface area (Å²) in [7, 11) is 0. The largest absolute Gasteiger partial charge is 0.480 e. The summed E-state index contributed by atoms with van der Waals surface area (Å²) in [5.74, 6) is -4.15. The van der Waals surface area contributed by atoms with Gasteiger partial charge in [-0.15, -0.1) is 0 Å². The number of amides is 4. The van der Waals surface area contributed by atoms with Crippen LogP contribution in [0.5, 0.6) is 0 Å². The quantitative estimate of drug-likeness (QED) is 0.204. The van der Waals surface area contributed by atoms with Crippen molar-refractivity contribution >= 4 is 29.6 Å². The number of aliphatic hydroxyl groups is 1. The maximum Gasteiger partial charge on any atom is 0.325 e. The molecule has 0 radical (unpaired) electrons. The minimum atomic E-state index is -1.37. The predicted octanol–water partition coefficient (Wildman–Crippen LogP) is -4.76. The third-order valence-corrected chi connectivity index (χ3v) is 2.64. The molecule has 8 N–H and O–H groups in total. The number of aliphatic carboxylic acids is 1. The van der Waals surface area contributed by atoms with Crippen molar-refractivity contribution in [3.8, 4) is 0 Å². The smallest absolute Gasteiger partial charge is 0.325 e. The van der Waals surface area contributed by atoms with E-state index >= 15 is 0 Å². The van der Waals surface area contributed by atoms with Gasteiger partial charge in [-0.25, -0.2) is 0 Å². The molecule has 4 amide bonds. The molecule has 0 saturated heterocycles. The van der Waals surface area contributed by atoms with Gasteiger partial charge in [-0.1, -0.05) is 0 Å². The summed E-state index contributed by atoms with van der Waals surface area (Å²) >= 11 is 0. The molecule has 0 bridgehead atoms. The Morgan fingerprint density at radius 1 is 0.958 bits per heavy atom. The highest BCUT2D eigenvalue weighted by molar-refractivity contribution is 5.92. The second-order valence-corrected chi connectivity index (χ2v) is 4.63. The van der Waals surface area contributed by atoms with Crippen LogP contribution in [0.15, 0.2) is 0 Å². The molecule has 0 saturated carbocycles. The first-order valence-electron chi connectivity index (χ1n) is 6.88. The normalized spacial score (nSPS) is 12.5. The highest BCUT2D eigenvalue weighted by Gasteiger charge is 2.23. The Morgan fingerprint density at radius 2 is 1.50 bits per heavy atom. The summed E-state index contributed by atoms with van der Waals surface area (Å²) in [5.41, 5.74) is 5.03. The number of nitrogens with one attached hydrogen (secondary N) is 4. The molecule has 0 aromatic carbocycles. The van der Waals surface area contributed by atoms with Gasteiger partial charge < -0.3 is 37.2 Å². The van der Waals surface area contributed by atoms with Crippen LogP contribution >= 0.6 is 0 Å². The van der Waals surface area contributed by atoms with Crippen LogP contribution in [0, 0.1) is 0 Å². The van der Waals surface area contributed by atoms with E-state index in [-0.39, 0.29) is 13.1 Å². The van der Waals surface area contributed by atoms with Crippen LogP contribution in [0.2, 0.25) is 0 Å². The SMILES string of the molecule is C[C@H](NC(=O)[C@@H](CO)NC(=O)CNC(=O)CNC(=O)CN)C(=O)O. The molecule has 24 heavy (non-hydrogen) atoms. The summed E-state index contributed by atoms with van der Waals surface area (Å²) in [4.78, 5) is 56.1. The standard InChI is InChI=1S/C12H21N5O7/c1-6(12(23)24)16-11(22)7(5-18)17-10(21)4-15-9(20)3-14-8(19)2-13/h6-7,18H,2-5,13H2,1H3,(H,14,19)(H,15,20)(H,16,22)(H,17,21)(H,23,24)/t6-,7+/m0/s1. The molecule has 0 unspecified atom stereocenters. The Bertz CT molecular complexity index is 496. The van der Waals surface area contributed by atoms with Crippen molar-refractivity contribution < 1.29 is 34.2 Å². The number of carboxylic acid groups (broad SMARTS) is 1. The minimum Gasteiger partial charge on any atom is -0.480 e. The van der Waals surface area contributed by atoms with E-state index in [0.717, 1.165) is 0 Å². The van der Waals surface area contributed by atoms with E-state index < -0.39 is 54.8 Å². The summed E-state index contributed by atoms with van der Waals surface area (Å²) in [6.07, 6.45) is 0. The molecule has 136 valence electrons. The molecule has 0 heterocycles. The van der Waals surface area contributed by atoms with Crippen molar-refractivity contribution in [2.24, 2.45) is 5.73 Å². The van der Waals surface area contributed by atoms with Gasteiger partial charge in [0.2, 0.25) is 23.6 Å². The average molecular weight is 347 g/mol. The van der Waals surface area contributed by atoms with Gasteiger partial charge in [0.15, 0.2) is 0 Å². The molecule has 0 aliphatic carbocycles. The lowest BCUT2D eigenvalue weighted by Gasteiger charge is -2.18. The maximum absolute atomic E-state index is 11.7. The van der Waals surface area contributed by atoms with Crippen LogP contribution in [0.1, 0.15) is 6.92 Å². The highest BCUT2D eigenvalue weighted by atomic mass is 16.4. The minimum absolute atomic E-state index is 0.282. The van der Waals surface area contributed by atoms with Crippen LogP contribution in [-0.4, -0.2) is 78.1 Å². The van der Waals surface area contributed by atoms with Gasteiger partial charge in [-0.3, -0.25) is 24.0 Å². The van der Waals surface area contributed by atoms with E-state index in [1.54, 1.807) is 0 Å². The number of nitrogens with two attached hydrogens (primary N) is 1. The van der Waals surface area contributed by atoms with Gasteiger partial charge in [0, 0.05) is 0 Å². The second-order valence-electron chi connectivity index (χ2n) is 4.63. The lowest BCUT2D eigenvalue weighted by molar-refractivity contribution is -0.142. The third-order valence-electron chi connectivity index (χ3n) is 2.64. The van der Waals surface area contributed by atoms with E-state index in [0.29, 0.717) is 0 Å². The first-order chi connectivity index (χ1) is 11.2. The highest BCUT2D eigenvalue weighted by Crippen LogP contribution is 1.88. The lowest BCUT2D eigenvalue weighted by Crippen LogP contribution is -2.54. The van der Waals surface area contributed by atoms with Gasteiger partial charge in [-0.05, 0) is 6.92 Å². The lowest BCUT2D eigenvalue weighted by atomic mass is 10.2. The predicted molar refractivity (Wildman–Crippen MR) is 79.3 cm³/mol. The molecule has 0 fully saturated rings. The molecule has 2 atom stereocenters. The van der Waals surface area contributed by atoms with E-state index in [4.69, 9.17) is 15.9 Å². The summed E-state index contributed by atoms with van der Waals surface area (Å²) in [5, 5.41) is 26.3. The van der Waals surface area contributed by atoms with Crippen LogP contribution in [0.3, 0.4) is 0 Å². The molecule has 0 rings (SSSR count). The molecule has 0 aliphatic rings. The Morgan fingerprint density at radius 3 is 2.00 bits per heavy atom. The fourth-order valence-corrected chi connectivity index (χ4v) is 1.31. The van der Waals surface area contributed by atoms with Crippen molar-refractivity contribution in [3.05, 3.63) is 0 Å². The van der Waals surface area contributed by atoms with Crippen LogP contribution in [-0.2, 0) is 24.0 Å². The fourth-order valence-electron chi connectivity index (χ4n) is 1.31. The summed E-state index contributed by atoms with van der Waals surface area (Å²) in [6, 6.07) is -2.57. The second kappa shape index (κ2) is 10.9. The number of carbonyl (C=O) groups excluding carboxylic acids is 4. The van der Waals surface area contributed by atoms with Gasteiger partial charge in [0.25, 0.3) is 0 Å². The van der Waals surface area contributed by atoms with Gasteiger partial charge >= 0.3 is 5.97 Å².